The first kappa shape index (κ1) is 24.3. The molecule has 0 spiro atoms. The Morgan fingerprint density at radius 3 is 2.21 bits per heavy atom. The van der Waals surface area contributed by atoms with Crippen molar-refractivity contribution in [2.75, 3.05) is 39.8 Å². The second-order valence-electron chi connectivity index (χ2n) is 8.71. The second-order valence-corrected chi connectivity index (χ2v) is 8.71. The molecule has 1 N–H and O–H groups in total. The first-order chi connectivity index (χ1) is 13.2. The molecule has 28 heavy (non-hydrogen) atoms. The summed E-state index contributed by atoms with van der Waals surface area (Å²) in [4.78, 5) is 29.0. The van der Waals surface area contributed by atoms with Crippen LogP contribution in [0, 0.1) is 11.8 Å². The second kappa shape index (κ2) is 12.7. The molecule has 0 radical (unpaired) electrons. The van der Waals surface area contributed by atoms with Crippen molar-refractivity contribution in [2.45, 2.75) is 77.7 Å². The average Bonchev–Trinajstić information content (AvgIpc) is 3.12. The average molecular weight is 394 g/mol. The van der Waals surface area contributed by atoms with Gasteiger partial charge in [-0.05, 0) is 59.5 Å². The van der Waals surface area contributed by atoms with Gasteiger partial charge in [-0.1, -0.05) is 31.1 Å². The number of amides is 2. The van der Waals surface area contributed by atoms with Gasteiger partial charge < -0.3 is 14.9 Å². The standard InChI is InChI=1S/C22H39N3O3/c1-22(2,3)25(21(27)28)19-9-7-5-6-8-14-20(26)23(4)15-10-11-16-24-17-12-13-18-24/h5-9,12-19H2,1-4H3,(H,27,28). The summed E-state index contributed by atoms with van der Waals surface area (Å²) < 4.78 is 0. The van der Waals surface area contributed by atoms with Crippen LogP contribution < -0.4 is 0 Å². The minimum atomic E-state index is -0.857. The third-order valence-electron chi connectivity index (χ3n) is 5.18. The highest BCUT2D eigenvalue weighted by molar-refractivity contribution is 5.76. The molecule has 6 heteroatoms. The summed E-state index contributed by atoms with van der Waals surface area (Å²) in [5.41, 5.74) is -0.361. The predicted octanol–water partition coefficient (Wildman–Crippen LogP) is 3.66. The molecular weight excluding hydrogens is 354 g/mol. The molecule has 2 amide bonds. The summed E-state index contributed by atoms with van der Waals surface area (Å²) in [7, 11) is 1.82. The van der Waals surface area contributed by atoms with Gasteiger partial charge in [-0.3, -0.25) is 9.69 Å². The van der Waals surface area contributed by atoms with Gasteiger partial charge in [0.2, 0.25) is 5.91 Å². The Morgan fingerprint density at radius 2 is 1.61 bits per heavy atom. The van der Waals surface area contributed by atoms with Crippen molar-refractivity contribution in [3.05, 3.63) is 0 Å². The fourth-order valence-corrected chi connectivity index (χ4v) is 3.36. The Balaban J connectivity index is 2.07. The third kappa shape index (κ3) is 9.98. The molecule has 1 saturated heterocycles. The summed E-state index contributed by atoms with van der Waals surface area (Å²) in [6.45, 7) is 9.93. The number of unbranched alkanes of at least 4 members (excludes halogenated alkanes) is 4. The van der Waals surface area contributed by atoms with Gasteiger partial charge in [-0.25, -0.2) is 4.79 Å². The maximum absolute atomic E-state index is 12.1. The smallest absolute Gasteiger partial charge is 0.407 e. The molecule has 1 rings (SSSR count). The van der Waals surface area contributed by atoms with E-state index in [2.05, 4.69) is 16.7 Å². The van der Waals surface area contributed by atoms with E-state index in [4.69, 9.17) is 0 Å². The maximum atomic E-state index is 12.1. The third-order valence-corrected chi connectivity index (χ3v) is 5.18. The first-order valence-corrected chi connectivity index (χ1v) is 10.6. The Hall–Kier alpha value is -1.74. The van der Waals surface area contributed by atoms with Crippen molar-refractivity contribution in [1.82, 2.24) is 14.7 Å². The van der Waals surface area contributed by atoms with E-state index in [0.717, 1.165) is 51.7 Å². The lowest BCUT2D eigenvalue weighted by Gasteiger charge is -2.33. The predicted molar refractivity (Wildman–Crippen MR) is 113 cm³/mol. The van der Waals surface area contributed by atoms with Crippen molar-refractivity contribution in [2.24, 2.45) is 0 Å². The van der Waals surface area contributed by atoms with E-state index in [-0.39, 0.29) is 11.4 Å². The molecule has 0 aromatic rings. The van der Waals surface area contributed by atoms with Crippen LogP contribution in [0.25, 0.3) is 0 Å². The van der Waals surface area contributed by atoms with Crippen LogP contribution in [-0.2, 0) is 4.79 Å². The number of carbonyl (C=O) groups excluding carboxylic acids is 1. The van der Waals surface area contributed by atoms with Gasteiger partial charge in [0.25, 0.3) is 0 Å². The van der Waals surface area contributed by atoms with Crippen LogP contribution in [0.15, 0.2) is 0 Å². The van der Waals surface area contributed by atoms with E-state index in [0.29, 0.717) is 19.5 Å². The van der Waals surface area contributed by atoms with Crippen LogP contribution in [-0.4, -0.2) is 77.1 Å². The minimum Gasteiger partial charge on any atom is -0.465 e. The Morgan fingerprint density at radius 1 is 1.00 bits per heavy atom. The lowest BCUT2D eigenvalue weighted by atomic mass is 10.1. The Labute approximate surface area is 171 Å². The van der Waals surface area contributed by atoms with Crippen LogP contribution in [0.1, 0.15) is 72.1 Å². The van der Waals surface area contributed by atoms with Gasteiger partial charge in [0.15, 0.2) is 0 Å². The van der Waals surface area contributed by atoms with Crippen LogP contribution in [0.4, 0.5) is 4.79 Å². The number of carboxylic acid groups (broad SMARTS) is 1. The SMILES string of the molecule is CN(CC#CCN1CCCC1)C(=O)CCCCCCCN(C(=O)O)C(C)(C)C. The Bertz CT molecular complexity index is 539. The van der Waals surface area contributed by atoms with Gasteiger partial charge in [0, 0.05) is 25.6 Å². The highest BCUT2D eigenvalue weighted by Crippen LogP contribution is 2.15. The van der Waals surface area contributed by atoms with Crippen molar-refractivity contribution in [3.8, 4) is 11.8 Å². The molecule has 0 aliphatic carbocycles. The summed E-state index contributed by atoms with van der Waals surface area (Å²) in [5.74, 6) is 6.42. The van der Waals surface area contributed by atoms with Gasteiger partial charge >= 0.3 is 6.09 Å². The van der Waals surface area contributed by atoms with E-state index < -0.39 is 6.09 Å². The van der Waals surface area contributed by atoms with Crippen LogP contribution in [0.3, 0.4) is 0 Å². The zero-order valence-electron chi connectivity index (χ0n) is 18.3. The van der Waals surface area contributed by atoms with E-state index in [1.807, 2.05) is 27.8 Å². The first-order valence-electron chi connectivity index (χ1n) is 10.6. The summed E-state index contributed by atoms with van der Waals surface area (Å²) in [5, 5.41) is 9.27. The van der Waals surface area contributed by atoms with E-state index >= 15 is 0 Å². The van der Waals surface area contributed by atoms with Crippen molar-refractivity contribution < 1.29 is 14.7 Å². The lowest BCUT2D eigenvalue weighted by Crippen LogP contribution is -2.45. The molecule has 6 nitrogen and oxygen atoms in total. The molecule has 0 aromatic heterocycles. The molecule has 0 aromatic carbocycles. The van der Waals surface area contributed by atoms with E-state index in [1.54, 1.807) is 4.90 Å². The van der Waals surface area contributed by atoms with E-state index in [1.165, 1.54) is 17.7 Å². The van der Waals surface area contributed by atoms with Gasteiger partial charge in [0.05, 0.1) is 13.1 Å². The largest absolute Gasteiger partial charge is 0.465 e. The van der Waals surface area contributed by atoms with Crippen LogP contribution in [0.2, 0.25) is 0 Å². The number of nitrogens with zero attached hydrogens (tertiary/aromatic N) is 3. The zero-order valence-corrected chi connectivity index (χ0v) is 18.3. The summed E-state index contributed by atoms with van der Waals surface area (Å²) in [6.07, 6.45) is 7.02. The molecule has 0 atom stereocenters. The molecule has 1 fully saturated rings. The number of rotatable bonds is 10. The normalized spacial score (nSPS) is 14.4. The van der Waals surface area contributed by atoms with Crippen LogP contribution >= 0.6 is 0 Å². The quantitative estimate of drug-likeness (QED) is 0.454. The van der Waals surface area contributed by atoms with Crippen LogP contribution in [0.5, 0.6) is 0 Å². The fourth-order valence-electron chi connectivity index (χ4n) is 3.36. The van der Waals surface area contributed by atoms with Crippen molar-refractivity contribution >= 4 is 12.0 Å². The summed E-state index contributed by atoms with van der Waals surface area (Å²) in [6, 6.07) is 0. The fraction of sp³-hybridized carbons (Fsp3) is 0.818. The molecule has 0 unspecified atom stereocenters. The molecule has 160 valence electrons. The molecule has 0 saturated carbocycles. The maximum Gasteiger partial charge on any atom is 0.407 e. The van der Waals surface area contributed by atoms with Gasteiger partial charge in [-0.2, -0.15) is 0 Å². The van der Waals surface area contributed by atoms with Crippen molar-refractivity contribution in [3.63, 3.8) is 0 Å². The lowest BCUT2D eigenvalue weighted by molar-refractivity contribution is -0.129. The molecule has 1 aliphatic rings. The number of carbonyl (C=O) groups is 2. The molecule has 1 aliphatic heterocycles. The number of hydrogen-bond acceptors (Lipinski definition) is 3. The zero-order chi connectivity index (χ0) is 21.0. The molecule has 0 bridgehead atoms. The molecule has 1 heterocycles. The highest BCUT2D eigenvalue weighted by atomic mass is 16.4. The number of likely N-dealkylation sites (tertiary alicyclic amines) is 1. The summed E-state index contributed by atoms with van der Waals surface area (Å²) >= 11 is 0. The molecular formula is C22H39N3O3. The van der Waals surface area contributed by atoms with E-state index in [9.17, 15) is 14.7 Å². The Kier molecular flexibility index (Phi) is 11.0. The van der Waals surface area contributed by atoms with Crippen molar-refractivity contribution in [1.29, 1.82) is 0 Å². The number of hydrogen-bond donors (Lipinski definition) is 1. The van der Waals surface area contributed by atoms with Gasteiger partial charge in [-0.15, -0.1) is 0 Å². The monoisotopic (exact) mass is 393 g/mol. The minimum absolute atomic E-state index is 0.153. The van der Waals surface area contributed by atoms with Gasteiger partial charge in [0.1, 0.15) is 0 Å². The topological polar surface area (TPSA) is 64.1 Å². The highest BCUT2D eigenvalue weighted by Gasteiger charge is 2.25.